The maximum atomic E-state index is 11.8. The molecule has 2 aromatic rings. The summed E-state index contributed by atoms with van der Waals surface area (Å²) in [6, 6.07) is 7.23. The fraction of sp³-hybridized carbons (Fsp3) is 0.688. The van der Waals surface area contributed by atoms with Crippen molar-refractivity contribution in [2.45, 2.75) is 93.0 Å². The molecule has 0 spiro atoms. The molecule has 1 aromatic heterocycles. The molecule has 1 N–H and O–H groups in total. The number of nitrogens with zero attached hydrogens (tertiary/aromatic N) is 4. The summed E-state index contributed by atoms with van der Waals surface area (Å²) in [4.78, 5) is 12.1. The van der Waals surface area contributed by atoms with E-state index in [-0.39, 0.29) is 0 Å². The molecule has 6 nitrogen and oxygen atoms in total. The van der Waals surface area contributed by atoms with E-state index in [1.54, 1.807) is 6.26 Å². The summed E-state index contributed by atoms with van der Waals surface area (Å²) < 4.78 is 13.8. The van der Waals surface area contributed by atoms with Gasteiger partial charge >= 0.3 is 0 Å². The highest BCUT2D eigenvalue weighted by molar-refractivity contribution is 7.81. The molecule has 1 saturated carbocycles. The van der Waals surface area contributed by atoms with Crippen LogP contribution >= 0.6 is 0 Å². The van der Waals surface area contributed by atoms with E-state index in [0.717, 1.165) is 75.0 Å². The SMILES string of the molecule is Cc1cc(CCc2ncc(C)c(NC3CC(C)(C)CC(C)CC(C)(C)C3)n2)ccc1N1CCN(S(C)=O)CC1. The van der Waals surface area contributed by atoms with Gasteiger partial charge in [0.1, 0.15) is 11.6 Å². The summed E-state index contributed by atoms with van der Waals surface area (Å²) in [6.45, 7) is 20.0. The zero-order chi connectivity index (χ0) is 28.4. The van der Waals surface area contributed by atoms with Crippen molar-refractivity contribution >= 4 is 22.5 Å². The van der Waals surface area contributed by atoms with Gasteiger partial charge in [0.05, 0.1) is 11.0 Å². The maximum absolute atomic E-state index is 11.8. The second-order valence-electron chi connectivity index (χ2n) is 13.9. The van der Waals surface area contributed by atoms with Gasteiger partial charge in [-0.25, -0.2) is 18.5 Å². The van der Waals surface area contributed by atoms with Gasteiger partial charge < -0.3 is 10.2 Å². The molecule has 2 aliphatic rings. The molecule has 1 atom stereocenters. The lowest BCUT2D eigenvalue weighted by atomic mass is 9.67. The van der Waals surface area contributed by atoms with Crippen molar-refractivity contribution in [1.29, 1.82) is 0 Å². The quantitative estimate of drug-likeness (QED) is 0.434. The van der Waals surface area contributed by atoms with Gasteiger partial charge in [-0.05, 0) is 79.9 Å². The molecule has 39 heavy (non-hydrogen) atoms. The van der Waals surface area contributed by atoms with E-state index in [9.17, 15) is 4.21 Å². The first-order valence-corrected chi connectivity index (χ1v) is 16.3. The fourth-order valence-electron chi connectivity index (χ4n) is 7.24. The minimum atomic E-state index is -0.879. The van der Waals surface area contributed by atoms with E-state index < -0.39 is 11.0 Å². The van der Waals surface area contributed by atoms with Crippen LogP contribution in [0.3, 0.4) is 0 Å². The monoisotopic (exact) mass is 553 g/mol. The topological polar surface area (TPSA) is 61.4 Å². The Bertz CT molecular complexity index is 1140. The average Bonchev–Trinajstić information content (AvgIpc) is 2.82. The molecule has 0 bridgehead atoms. The van der Waals surface area contributed by atoms with Crippen LogP contribution in [0.25, 0.3) is 0 Å². The van der Waals surface area contributed by atoms with Crippen LogP contribution in [0.2, 0.25) is 0 Å². The number of nitrogens with one attached hydrogen (secondary N) is 1. The Hall–Kier alpha value is -1.99. The standard InChI is InChI=1S/C32H51N5OS/c1-23-18-31(4,5)20-27(21-32(6,7)19-23)34-30-25(3)22-33-29(35-30)12-10-26-9-11-28(24(2)17-26)36-13-15-37(16-14-36)39(8)38/h9,11,17,22-23,27H,10,12-16,18-21H2,1-8H3,(H,33,34,35). The van der Waals surface area contributed by atoms with Crippen molar-refractivity contribution in [3.05, 3.63) is 46.9 Å². The van der Waals surface area contributed by atoms with Crippen molar-refractivity contribution in [1.82, 2.24) is 14.3 Å². The predicted octanol–water partition coefficient (Wildman–Crippen LogP) is 6.34. The number of hydrogen-bond donors (Lipinski definition) is 1. The van der Waals surface area contributed by atoms with Crippen molar-refractivity contribution in [3.63, 3.8) is 0 Å². The van der Waals surface area contributed by atoms with Gasteiger partial charge in [0.25, 0.3) is 0 Å². The Kier molecular flexibility index (Phi) is 9.42. The molecule has 1 unspecified atom stereocenters. The first-order valence-electron chi connectivity index (χ1n) is 14.8. The normalized spacial score (nSPS) is 24.6. The van der Waals surface area contributed by atoms with Crippen LogP contribution in [0.4, 0.5) is 11.5 Å². The molecule has 1 aliphatic carbocycles. The lowest BCUT2D eigenvalue weighted by molar-refractivity contribution is 0.137. The summed E-state index contributed by atoms with van der Waals surface area (Å²) in [6.07, 6.45) is 10.4. The van der Waals surface area contributed by atoms with Crippen molar-refractivity contribution in [2.24, 2.45) is 16.7 Å². The third-order valence-corrected chi connectivity index (χ3v) is 9.70. The Morgan fingerprint density at radius 3 is 2.18 bits per heavy atom. The lowest BCUT2D eigenvalue weighted by Gasteiger charge is -2.42. The zero-order valence-electron chi connectivity index (χ0n) is 25.6. The first-order chi connectivity index (χ1) is 18.3. The minimum Gasteiger partial charge on any atom is -0.369 e. The van der Waals surface area contributed by atoms with Gasteiger partial charge in [0.2, 0.25) is 0 Å². The highest BCUT2D eigenvalue weighted by Crippen LogP contribution is 2.43. The zero-order valence-corrected chi connectivity index (χ0v) is 26.5. The van der Waals surface area contributed by atoms with Crippen LogP contribution in [-0.2, 0) is 23.8 Å². The minimum absolute atomic E-state index is 0.323. The maximum Gasteiger partial charge on any atom is 0.132 e. The third kappa shape index (κ3) is 8.26. The summed E-state index contributed by atoms with van der Waals surface area (Å²) in [7, 11) is -0.879. The second-order valence-corrected chi connectivity index (χ2v) is 15.2. The number of anilines is 2. The molecule has 2 heterocycles. The van der Waals surface area contributed by atoms with Crippen LogP contribution in [-0.4, -0.2) is 57.0 Å². The molecule has 7 heteroatoms. The number of aryl methyl sites for hydroxylation is 4. The van der Waals surface area contributed by atoms with Crippen LogP contribution in [0.15, 0.2) is 24.4 Å². The van der Waals surface area contributed by atoms with E-state index >= 15 is 0 Å². The van der Waals surface area contributed by atoms with Crippen LogP contribution in [0.5, 0.6) is 0 Å². The van der Waals surface area contributed by atoms with E-state index in [0.29, 0.717) is 16.9 Å². The van der Waals surface area contributed by atoms with Gasteiger partial charge in [-0.15, -0.1) is 0 Å². The van der Waals surface area contributed by atoms with E-state index in [4.69, 9.17) is 9.97 Å². The Morgan fingerprint density at radius 1 is 0.949 bits per heavy atom. The number of piperazine rings is 1. The van der Waals surface area contributed by atoms with Crippen molar-refractivity contribution < 1.29 is 4.21 Å². The summed E-state index contributed by atoms with van der Waals surface area (Å²) in [5.74, 6) is 2.68. The van der Waals surface area contributed by atoms with Crippen LogP contribution in [0, 0.1) is 30.6 Å². The molecule has 1 aromatic carbocycles. The molecule has 0 radical (unpaired) electrons. The molecule has 2 fully saturated rings. The third-order valence-electron chi connectivity index (χ3n) is 8.60. The lowest BCUT2D eigenvalue weighted by Crippen LogP contribution is -2.46. The molecule has 216 valence electrons. The van der Waals surface area contributed by atoms with E-state index in [1.807, 2.05) is 10.5 Å². The average molecular weight is 554 g/mol. The van der Waals surface area contributed by atoms with E-state index in [1.165, 1.54) is 29.7 Å². The second kappa shape index (κ2) is 12.3. The molecule has 1 saturated heterocycles. The predicted molar refractivity (Wildman–Crippen MR) is 166 cm³/mol. The fourth-order valence-corrected chi connectivity index (χ4v) is 7.92. The van der Waals surface area contributed by atoms with Gasteiger partial charge in [-0.2, -0.15) is 0 Å². The van der Waals surface area contributed by atoms with Crippen LogP contribution < -0.4 is 10.2 Å². The Morgan fingerprint density at radius 2 is 1.59 bits per heavy atom. The number of rotatable bonds is 7. The largest absolute Gasteiger partial charge is 0.369 e. The highest BCUT2D eigenvalue weighted by atomic mass is 32.2. The highest BCUT2D eigenvalue weighted by Gasteiger charge is 2.35. The number of benzene rings is 1. The van der Waals surface area contributed by atoms with Gasteiger partial charge in [0, 0.05) is 62.3 Å². The molecular formula is C32H51N5OS. The van der Waals surface area contributed by atoms with Gasteiger partial charge in [0.15, 0.2) is 0 Å². The van der Waals surface area contributed by atoms with Crippen molar-refractivity contribution in [2.75, 3.05) is 42.7 Å². The molecule has 1 aliphatic heterocycles. The summed E-state index contributed by atoms with van der Waals surface area (Å²) in [5.41, 5.74) is 5.68. The van der Waals surface area contributed by atoms with Gasteiger partial charge in [-0.3, -0.25) is 0 Å². The Balaban J connectivity index is 1.40. The molecular weight excluding hydrogens is 502 g/mol. The first kappa shape index (κ1) is 30.0. The Labute approximate surface area is 240 Å². The molecule has 0 amide bonds. The summed E-state index contributed by atoms with van der Waals surface area (Å²) in [5, 5.41) is 3.87. The summed E-state index contributed by atoms with van der Waals surface area (Å²) >= 11 is 0. The van der Waals surface area contributed by atoms with E-state index in [2.05, 4.69) is 76.9 Å². The number of hydrogen-bond acceptors (Lipinski definition) is 5. The van der Waals surface area contributed by atoms with Crippen LogP contribution in [0.1, 0.15) is 82.8 Å². The number of aromatic nitrogens is 2. The molecule has 4 rings (SSSR count). The smallest absolute Gasteiger partial charge is 0.132 e. The van der Waals surface area contributed by atoms with Crippen molar-refractivity contribution in [3.8, 4) is 0 Å². The van der Waals surface area contributed by atoms with Gasteiger partial charge in [-0.1, -0.05) is 46.8 Å².